The molecule has 0 aliphatic heterocycles. The molecular formula is C25H28N4O4. The average molecular weight is 449 g/mol. The predicted molar refractivity (Wildman–Crippen MR) is 126 cm³/mol. The molecule has 3 aromatic rings. The van der Waals surface area contributed by atoms with Crippen LogP contribution in [0.5, 0.6) is 23.5 Å². The second-order valence-electron chi connectivity index (χ2n) is 7.23. The van der Waals surface area contributed by atoms with Gasteiger partial charge >= 0.3 is 6.01 Å². The lowest BCUT2D eigenvalue weighted by Crippen LogP contribution is -2.19. The summed E-state index contributed by atoms with van der Waals surface area (Å²) in [5, 5.41) is 4.18. The van der Waals surface area contributed by atoms with Crippen molar-refractivity contribution >= 4 is 12.1 Å². The van der Waals surface area contributed by atoms with Gasteiger partial charge in [0.25, 0.3) is 0 Å². The molecule has 2 aromatic carbocycles. The first kappa shape index (κ1) is 23.7. The third kappa shape index (κ3) is 7.03. The van der Waals surface area contributed by atoms with E-state index >= 15 is 0 Å². The smallest absolute Gasteiger partial charge is 0.328 e. The Balaban J connectivity index is 1.82. The topological polar surface area (TPSA) is 94.9 Å². The van der Waals surface area contributed by atoms with Crippen LogP contribution in [0.1, 0.15) is 36.5 Å². The van der Waals surface area contributed by atoms with Crippen molar-refractivity contribution in [3.63, 3.8) is 0 Å². The minimum atomic E-state index is -0.202. The van der Waals surface area contributed by atoms with E-state index in [1.807, 2.05) is 42.5 Å². The van der Waals surface area contributed by atoms with Crippen LogP contribution < -0.4 is 19.6 Å². The standard InChI is InChI=1S/C25H28N4O4/c1-4-5-12-19-13-9-14-21(33-25-27-23(31-2)16-24(28-25)32-3)20(19)17-26-29-22(30)15-18-10-7-6-8-11-18/h6-11,13-14,16-17H,4-5,12,15H2,1-3H3,(H,29,30)/b26-17+. The molecule has 8 heteroatoms. The van der Waals surface area contributed by atoms with Gasteiger partial charge in [-0.1, -0.05) is 55.8 Å². The molecule has 1 amide bonds. The van der Waals surface area contributed by atoms with Gasteiger partial charge in [0, 0.05) is 5.56 Å². The van der Waals surface area contributed by atoms with Gasteiger partial charge < -0.3 is 14.2 Å². The quantitative estimate of drug-likeness (QED) is 0.347. The van der Waals surface area contributed by atoms with E-state index < -0.39 is 0 Å². The van der Waals surface area contributed by atoms with Crippen LogP contribution in [0.15, 0.2) is 59.7 Å². The van der Waals surface area contributed by atoms with Gasteiger partial charge in [-0.2, -0.15) is 15.1 Å². The molecule has 33 heavy (non-hydrogen) atoms. The fourth-order valence-corrected chi connectivity index (χ4v) is 3.14. The van der Waals surface area contributed by atoms with Crippen LogP contribution in [-0.4, -0.2) is 36.3 Å². The summed E-state index contributed by atoms with van der Waals surface area (Å²) in [7, 11) is 3.01. The summed E-state index contributed by atoms with van der Waals surface area (Å²) >= 11 is 0. The number of rotatable bonds is 11. The van der Waals surface area contributed by atoms with Gasteiger partial charge in [0.1, 0.15) is 5.75 Å². The first-order chi connectivity index (χ1) is 16.1. The number of benzene rings is 2. The van der Waals surface area contributed by atoms with Crippen molar-refractivity contribution in [1.82, 2.24) is 15.4 Å². The summed E-state index contributed by atoms with van der Waals surface area (Å²) in [5.41, 5.74) is 5.31. The zero-order valence-electron chi connectivity index (χ0n) is 19.1. The number of methoxy groups -OCH3 is 2. The lowest BCUT2D eigenvalue weighted by Gasteiger charge is -2.12. The zero-order chi connectivity index (χ0) is 23.5. The van der Waals surface area contributed by atoms with Crippen LogP contribution in [0.3, 0.4) is 0 Å². The number of ether oxygens (including phenoxy) is 3. The second kappa shape index (κ2) is 12.2. The Kier molecular flexibility index (Phi) is 8.76. The molecule has 0 atom stereocenters. The molecule has 0 saturated heterocycles. The third-order valence-corrected chi connectivity index (χ3v) is 4.82. The van der Waals surface area contributed by atoms with E-state index in [1.165, 1.54) is 14.2 Å². The number of carbonyl (C=O) groups excluding carboxylic acids is 1. The number of hydrogen-bond donors (Lipinski definition) is 1. The number of aromatic nitrogens is 2. The molecule has 1 N–H and O–H groups in total. The Labute approximate surface area is 193 Å². The van der Waals surface area contributed by atoms with E-state index in [0.717, 1.165) is 36.0 Å². The molecule has 0 radical (unpaired) electrons. The van der Waals surface area contributed by atoms with Crippen LogP contribution in [0.4, 0.5) is 0 Å². The van der Waals surface area contributed by atoms with Crippen molar-refractivity contribution in [2.75, 3.05) is 14.2 Å². The van der Waals surface area contributed by atoms with E-state index in [-0.39, 0.29) is 18.3 Å². The number of nitrogens with one attached hydrogen (secondary N) is 1. The predicted octanol–water partition coefficient (Wildman–Crippen LogP) is 4.32. The van der Waals surface area contributed by atoms with E-state index in [1.54, 1.807) is 18.3 Å². The van der Waals surface area contributed by atoms with Crippen molar-refractivity contribution in [1.29, 1.82) is 0 Å². The molecule has 0 aliphatic rings. The number of nitrogens with zero attached hydrogens (tertiary/aromatic N) is 3. The Morgan fingerprint density at radius 1 is 1.03 bits per heavy atom. The van der Waals surface area contributed by atoms with Crippen molar-refractivity contribution < 1.29 is 19.0 Å². The zero-order valence-corrected chi connectivity index (χ0v) is 19.1. The third-order valence-electron chi connectivity index (χ3n) is 4.82. The second-order valence-corrected chi connectivity index (χ2v) is 7.23. The van der Waals surface area contributed by atoms with Crippen LogP contribution in [-0.2, 0) is 17.6 Å². The van der Waals surface area contributed by atoms with E-state index in [2.05, 4.69) is 27.4 Å². The Hall–Kier alpha value is -3.94. The fourth-order valence-electron chi connectivity index (χ4n) is 3.14. The summed E-state index contributed by atoms with van der Waals surface area (Å²) in [5.74, 6) is 0.955. The number of unbranched alkanes of at least 4 members (excludes halogenated alkanes) is 1. The summed E-state index contributed by atoms with van der Waals surface area (Å²) in [6.45, 7) is 2.13. The summed E-state index contributed by atoms with van der Waals surface area (Å²) in [4.78, 5) is 20.7. The maximum atomic E-state index is 12.3. The lowest BCUT2D eigenvalue weighted by molar-refractivity contribution is -0.120. The van der Waals surface area contributed by atoms with E-state index in [4.69, 9.17) is 14.2 Å². The number of amides is 1. The van der Waals surface area contributed by atoms with Gasteiger partial charge in [-0.3, -0.25) is 4.79 Å². The highest BCUT2D eigenvalue weighted by molar-refractivity contribution is 5.87. The molecule has 172 valence electrons. The van der Waals surface area contributed by atoms with Crippen molar-refractivity contribution in [2.45, 2.75) is 32.6 Å². The molecule has 0 fully saturated rings. The summed E-state index contributed by atoms with van der Waals surface area (Å²) < 4.78 is 16.4. The minimum absolute atomic E-state index is 0.0848. The van der Waals surface area contributed by atoms with E-state index in [9.17, 15) is 4.79 Å². The summed E-state index contributed by atoms with van der Waals surface area (Å²) in [6, 6.07) is 16.9. The molecule has 1 heterocycles. The molecule has 0 aliphatic carbocycles. The molecule has 0 unspecified atom stereocenters. The van der Waals surface area contributed by atoms with Crippen LogP contribution in [0.2, 0.25) is 0 Å². The number of hydrogen-bond acceptors (Lipinski definition) is 7. The Morgan fingerprint density at radius 2 is 1.76 bits per heavy atom. The summed E-state index contributed by atoms with van der Waals surface area (Å²) in [6.07, 6.45) is 4.74. The molecular weight excluding hydrogens is 420 g/mol. The van der Waals surface area contributed by atoms with Crippen LogP contribution >= 0.6 is 0 Å². The first-order valence-corrected chi connectivity index (χ1v) is 10.8. The monoisotopic (exact) mass is 448 g/mol. The highest BCUT2D eigenvalue weighted by atomic mass is 16.5. The van der Waals surface area contributed by atoms with Gasteiger partial charge in [-0.15, -0.1) is 0 Å². The molecule has 8 nitrogen and oxygen atoms in total. The molecule has 0 spiro atoms. The van der Waals surface area contributed by atoms with Crippen molar-refractivity contribution in [3.8, 4) is 23.5 Å². The Morgan fingerprint density at radius 3 is 2.42 bits per heavy atom. The van der Waals surface area contributed by atoms with Crippen LogP contribution in [0, 0.1) is 0 Å². The molecule has 0 saturated carbocycles. The van der Waals surface area contributed by atoms with Crippen LogP contribution in [0.25, 0.3) is 0 Å². The average Bonchev–Trinajstić information content (AvgIpc) is 2.84. The highest BCUT2D eigenvalue weighted by Crippen LogP contribution is 2.28. The Bertz CT molecular complexity index is 1060. The minimum Gasteiger partial charge on any atom is -0.481 e. The van der Waals surface area contributed by atoms with E-state index in [0.29, 0.717) is 17.5 Å². The number of hydrazone groups is 1. The lowest BCUT2D eigenvalue weighted by atomic mass is 10.0. The van der Waals surface area contributed by atoms with Gasteiger partial charge in [0.15, 0.2) is 0 Å². The van der Waals surface area contributed by atoms with Crippen molar-refractivity contribution in [3.05, 3.63) is 71.3 Å². The number of carbonyl (C=O) groups is 1. The normalized spacial score (nSPS) is 10.8. The van der Waals surface area contributed by atoms with Gasteiger partial charge in [0.05, 0.1) is 32.9 Å². The largest absolute Gasteiger partial charge is 0.481 e. The molecule has 0 bridgehead atoms. The van der Waals surface area contributed by atoms with Gasteiger partial charge in [-0.05, 0) is 30.0 Å². The number of aryl methyl sites for hydroxylation is 1. The van der Waals surface area contributed by atoms with Gasteiger partial charge in [-0.25, -0.2) is 5.43 Å². The maximum absolute atomic E-state index is 12.3. The first-order valence-electron chi connectivity index (χ1n) is 10.8. The SMILES string of the molecule is CCCCc1cccc(Oc2nc(OC)cc(OC)n2)c1/C=N/NC(=O)Cc1ccccc1. The highest BCUT2D eigenvalue weighted by Gasteiger charge is 2.13. The molecule has 3 rings (SSSR count). The van der Waals surface area contributed by atoms with Gasteiger partial charge in [0.2, 0.25) is 17.7 Å². The van der Waals surface area contributed by atoms with Crippen molar-refractivity contribution in [2.24, 2.45) is 5.10 Å². The fraction of sp³-hybridized carbons (Fsp3) is 0.280. The maximum Gasteiger partial charge on any atom is 0.328 e. The molecule has 1 aromatic heterocycles.